The smallest absolute Gasteiger partial charge is 0.409 e. The van der Waals surface area contributed by atoms with Gasteiger partial charge in [-0.2, -0.15) is 0 Å². The van der Waals surface area contributed by atoms with Gasteiger partial charge in [-0.25, -0.2) is 9.78 Å². The number of methoxy groups -OCH3 is 1. The number of benzene rings is 2. The minimum atomic E-state index is -4.55. The third-order valence-electron chi connectivity index (χ3n) is 8.58. The fourth-order valence-corrected chi connectivity index (χ4v) is 6.52. The van der Waals surface area contributed by atoms with Crippen molar-refractivity contribution in [2.75, 3.05) is 51.3 Å². The molecule has 0 saturated carbocycles. The quantitative estimate of drug-likeness (QED) is 0.290. The van der Waals surface area contributed by atoms with E-state index < -0.39 is 31.0 Å². The number of ether oxygens (including phenoxy) is 2. The highest BCUT2D eigenvalue weighted by Gasteiger charge is 2.42. The van der Waals surface area contributed by atoms with Crippen LogP contribution in [0.5, 0.6) is 0 Å². The number of nitrogens with zero attached hydrogens (tertiary/aromatic N) is 4. The van der Waals surface area contributed by atoms with Crippen LogP contribution in [0.2, 0.25) is 0 Å². The van der Waals surface area contributed by atoms with Crippen molar-refractivity contribution in [1.29, 1.82) is 0 Å². The summed E-state index contributed by atoms with van der Waals surface area (Å²) >= 11 is 0. The van der Waals surface area contributed by atoms with Crippen molar-refractivity contribution < 1.29 is 38.2 Å². The first-order chi connectivity index (χ1) is 22.4. The normalized spacial score (nSPS) is 18.1. The minimum Gasteiger partial charge on any atom is -0.450 e. The molecule has 47 heavy (non-hydrogen) atoms. The Morgan fingerprint density at radius 2 is 1.64 bits per heavy atom. The van der Waals surface area contributed by atoms with E-state index in [1.165, 1.54) is 29.2 Å². The summed E-state index contributed by atoms with van der Waals surface area (Å²) in [7, 11) is -2.90. The van der Waals surface area contributed by atoms with Gasteiger partial charge in [-0.3, -0.25) is 14.2 Å². The Hall–Kier alpha value is -4.29. The Morgan fingerprint density at radius 1 is 0.979 bits per heavy atom. The summed E-state index contributed by atoms with van der Waals surface area (Å²) in [6.45, 7) is 5.12. The zero-order chi connectivity index (χ0) is 33.8. The average Bonchev–Trinajstić information content (AvgIpc) is 3.57. The van der Waals surface area contributed by atoms with E-state index in [2.05, 4.69) is 10.2 Å². The number of amides is 3. The second kappa shape index (κ2) is 14.2. The van der Waals surface area contributed by atoms with Gasteiger partial charge >= 0.3 is 13.7 Å². The average molecular weight is 666 g/mol. The van der Waals surface area contributed by atoms with Crippen molar-refractivity contribution in [2.24, 2.45) is 0 Å². The van der Waals surface area contributed by atoms with Crippen LogP contribution >= 0.6 is 7.60 Å². The lowest BCUT2D eigenvalue weighted by Crippen LogP contribution is -2.60. The van der Waals surface area contributed by atoms with Crippen LogP contribution in [0.25, 0.3) is 11.3 Å². The van der Waals surface area contributed by atoms with Crippen LogP contribution in [0.15, 0.2) is 66.7 Å². The largest absolute Gasteiger partial charge is 0.450 e. The molecule has 3 N–H and O–H groups in total. The van der Waals surface area contributed by atoms with Crippen molar-refractivity contribution in [3.63, 3.8) is 0 Å². The molecule has 2 atom stereocenters. The highest BCUT2D eigenvalue weighted by Crippen LogP contribution is 2.35. The zero-order valence-corrected chi connectivity index (χ0v) is 27.6. The van der Waals surface area contributed by atoms with Gasteiger partial charge in [0.25, 0.3) is 11.8 Å². The zero-order valence-electron chi connectivity index (χ0n) is 26.7. The second-order valence-electron chi connectivity index (χ2n) is 11.6. The topological polar surface area (TPSA) is 162 Å². The summed E-state index contributed by atoms with van der Waals surface area (Å²) in [5.74, 6) is -1.06. The molecule has 0 aliphatic carbocycles. The Kier molecular flexibility index (Phi) is 10.3. The first-order valence-corrected chi connectivity index (χ1v) is 17.1. The number of aromatic nitrogens is 1. The Bertz CT molecular complexity index is 1640. The van der Waals surface area contributed by atoms with Crippen LogP contribution < -0.4 is 15.5 Å². The first kappa shape index (κ1) is 34.1. The minimum absolute atomic E-state index is 0.0844. The van der Waals surface area contributed by atoms with Gasteiger partial charge in [0.2, 0.25) is 0 Å². The molecule has 2 aliphatic rings. The molecule has 0 radical (unpaired) electrons. The van der Waals surface area contributed by atoms with Gasteiger partial charge in [0.05, 0.1) is 17.6 Å². The fraction of sp³-hybridized carbons (Fsp3) is 0.394. The number of carbonyl (C=O) groups is 3. The molecule has 1 aromatic heterocycles. The molecule has 13 nitrogen and oxygen atoms in total. The van der Waals surface area contributed by atoms with Crippen LogP contribution in [0.1, 0.15) is 42.7 Å². The van der Waals surface area contributed by atoms with Crippen LogP contribution in [0, 0.1) is 0 Å². The predicted molar refractivity (Wildman–Crippen MR) is 175 cm³/mol. The van der Waals surface area contributed by atoms with Crippen LogP contribution in [-0.2, 0) is 24.4 Å². The molecule has 14 heteroatoms. The number of piperazine rings is 1. The maximum absolute atomic E-state index is 14.3. The molecule has 250 valence electrons. The number of hydrogen-bond acceptors (Lipinski definition) is 8. The molecule has 0 unspecified atom stereocenters. The van der Waals surface area contributed by atoms with Crippen molar-refractivity contribution in [2.45, 2.75) is 38.5 Å². The Labute approximate surface area is 273 Å². The van der Waals surface area contributed by atoms with E-state index in [0.717, 1.165) is 30.6 Å². The number of hydrogen-bond donors (Lipinski definition) is 3. The Morgan fingerprint density at radius 3 is 2.26 bits per heavy atom. The molecule has 0 spiro atoms. The van der Waals surface area contributed by atoms with E-state index >= 15 is 0 Å². The lowest BCUT2D eigenvalue weighted by Gasteiger charge is -2.40. The summed E-state index contributed by atoms with van der Waals surface area (Å²) in [4.78, 5) is 69.9. The number of pyridine rings is 1. The standard InChI is InChI=1S/C33H40N5O8P/c1-4-46-32(41)37-19-17-36(18-20-37)31(40)33(2,24-12-14-26(15-13-24)47(42,43)44)35-30(39)28-22-25(38-16-8-11-29(38)45-3)21-27(34-28)23-9-6-5-7-10-23/h5-7,9-10,12-15,21-22,29H,4,8,11,16-20H2,1-3H3,(H,35,39)(H2,42,43,44)/t29-,33-/m0/s1. The van der Waals surface area contributed by atoms with Crippen LogP contribution in [0.3, 0.4) is 0 Å². The molecule has 2 aliphatic heterocycles. The van der Waals surface area contributed by atoms with E-state index in [0.29, 0.717) is 11.3 Å². The highest BCUT2D eigenvalue weighted by atomic mass is 31.2. The molecular formula is C33H40N5O8P. The van der Waals surface area contributed by atoms with Gasteiger partial charge < -0.3 is 39.3 Å². The summed E-state index contributed by atoms with van der Waals surface area (Å²) in [5.41, 5.74) is 0.874. The lowest BCUT2D eigenvalue weighted by molar-refractivity contribution is -0.139. The molecule has 2 aromatic carbocycles. The summed E-state index contributed by atoms with van der Waals surface area (Å²) in [6, 6.07) is 18.4. The number of carbonyl (C=O) groups excluding carboxylic acids is 3. The van der Waals surface area contributed by atoms with Crippen LogP contribution in [-0.4, -0.2) is 95.1 Å². The third-order valence-corrected chi connectivity index (χ3v) is 9.55. The van der Waals surface area contributed by atoms with Crippen molar-refractivity contribution >= 4 is 36.5 Å². The predicted octanol–water partition coefficient (Wildman–Crippen LogP) is 3.07. The molecular weight excluding hydrogens is 625 g/mol. The highest BCUT2D eigenvalue weighted by molar-refractivity contribution is 7.60. The Balaban J connectivity index is 1.51. The lowest BCUT2D eigenvalue weighted by atomic mass is 9.89. The summed E-state index contributed by atoms with van der Waals surface area (Å²) in [5, 5.41) is 2.70. The van der Waals surface area contributed by atoms with Crippen molar-refractivity contribution in [3.8, 4) is 11.3 Å². The van der Waals surface area contributed by atoms with Gasteiger partial charge in [0.15, 0.2) is 0 Å². The number of anilines is 1. The molecule has 2 fully saturated rings. The first-order valence-electron chi connectivity index (χ1n) is 15.5. The molecule has 2 saturated heterocycles. The molecule has 3 amide bonds. The molecule has 5 rings (SSSR count). The monoisotopic (exact) mass is 665 g/mol. The maximum atomic E-state index is 14.3. The second-order valence-corrected chi connectivity index (χ2v) is 13.2. The van der Waals surface area contributed by atoms with Gasteiger partial charge in [0, 0.05) is 51.1 Å². The van der Waals surface area contributed by atoms with E-state index in [9.17, 15) is 28.7 Å². The third kappa shape index (κ3) is 7.49. The van der Waals surface area contributed by atoms with E-state index in [1.54, 1.807) is 31.9 Å². The van der Waals surface area contributed by atoms with E-state index in [-0.39, 0.29) is 50.0 Å². The van der Waals surface area contributed by atoms with E-state index in [4.69, 9.17) is 14.5 Å². The van der Waals surface area contributed by atoms with E-state index in [1.807, 2.05) is 36.4 Å². The van der Waals surface area contributed by atoms with Crippen molar-refractivity contribution in [3.05, 3.63) is 78.0 Å². The van der Waals surface area contributed by atoms with Crippen LogP contribution in [0.4, 0.5) is 10.5 Å². The molecule has 0 bridgehead atoms. The van der Waals surface area contributed by atoms with Gasteiger partial charge in [0.1, 0.15) is 17.5 Å². The SMILES string of the molecule is CCOC(=O)N1CCN(C(=O)[C@@](C)(NC(=O)c2cc(N3CCC[C@@H]3OC)cc(-c3ccccc3)n2)c2ccc(P(=O)(O)O)cc2)CC1. The van der Waals surface area contributed by atoms with Crippen molar-refractivity contribution in [1.82, 2.24) is 20.1 Å². The van der Waals surface area contributed by atoms with Gasteiger partial charge in [-0.05, 0) is 56.5 Å². The fourth-order valence-electron chi connectivity index (χ4n) is 5.98. The molecule has 3 heterocycles. The summed E-state index contributed by atoms with van der Waals surface area (Å²) < 4.78 is 22.7. The van der Waals surface area contributed by atoms with Gasteiger partial charge in [-0.1, -0.05) is 42.5 Å². The maximum Gasteiger partial charge on any atom is 0.409 e. The molecule has 3 aromatic rings. The number of nitrogens with one attached hydrogen (secondary N) is 1. The summed E-state index contributed by atoms with van der Waals surface area (Å²) in [6.07, 6.45) is 1.13. The van der Waals surface area contributed by atoms with Gasteiger partial charge in [-0.15, -0.1) is 0 Å². The number of rotatable bonds is 9.